The van der Waals surface area contributed by atoms with Crippen LogP contribution in [0.15, 0.2) is 78.4 Å². The summed E-state index contributed by atoms with van der Waals surface area (Å²) in [6.07, 6.45) is 8.68. The molecule has 0 heterocycles. The van der Waals surface area contributed by atoms with E-state index in [-0.39, 0.29) is 35.6 Å². The minimum Gasteiger partial charge on any atom is -0.184 e. The molecule has 2 aliphatic rings. The largest absolute Gasteiger partial charge is 0.184 e. The molecule has 3 aromatic carbocycles. The summed E-state index contributed by atoms with van der Waals surface area (Å²) in [5.74, 6) is 0.522. The number of halogens is 2. The normalized spacial score (nSPS) is 14.6. The third-order valence-electron chi connectivity index (χ3n) is 6.93. The van der Waals surface area contributed by atoms with Gasteiger partial charge >= 0.3 is 28.4 Å². The van der Waals surface area contributed by atoms with Gasteiger partial charge in [-0.1, -0.05) is 115 Å². The van der Waals surface area contributed by atoms with E-state index < -0.39 is 0 Å². The molecule has 0 amide bonds. The van der Waals surface area contributed by atoms with Crippen LogP contribution in [-0.4, -0.2) is 4.21 Å². The Kier molecular flexibility index (Phi) is 16.3. The monoisotopic (exact) mass is 665 g/mol. The first-order valence-electron chi connectivity index (χ1n) is 13.9. The van der Waals surface area contributed by atoms with Gasteiger partial charge in [0, 0.05) is 0 Å². The van der Waals surface area contributed by atoms with Gasteiger partial charge in [0.25, 0.3) is 0 Å². The fourth-order valence-electron chi connectivity index (χ4n) is 4.38. The van der Waals surface area contributed by atoms with E-state index in [0.29, 0.717) is 11.3 Å². The summed E-state index contributed by atoms with van der Waals surface area (Å²) >= 11 is 1.30. The Morgan fingerprint density at radius 1 is 0.756 bits per heavy atom. The van der Waals surface area contributed by atoms with Gasteiger partial charge in [-0.05, 0) is 17.4 Å². The van der Waals surface area contributed by atoms with Crippen LogP contribution < -0.4 is 0 Å². The van der Waals surface area contributed by atoms with E-state index in [1.54, 1.807) is 0 Å². The topological polar surface area (TPSA) is 0 Å². The minimum absolute atomic E-state index is 0. The van der Waals surface area contributed by atoms with Gasteiger partial charge in [-0.2, -0.15) is 77.4 Å². The summed E-state index contributed by atoms with van der Waals surface area (Å²) in [5.41, 5.74) is 10.5. The third kappa shape index (κ3) is 11.9. The molecule has 2 aliphatic carbocycles. The van der Waals surface area contributed by atoms with E-state index in [4.69, 9.17) is 0 Å². The number of hydrogen-bond acceptors (Lipinski definition) is 0. The van der Waals surface area contributed by atoms with Crippen LogP contribution in [0.25, 0.3) is 11.1 Å². The number of benzene rings is 3. The van der Waals surface area contributed by atoms with Gasteiger partial charge in [0.05, 0.1) is 0 Å². The molecule has 0 radical (unpaired) electrons. The van der Waals surface area contributed by atoms with Crippen molar-refractivity contribution in [3.05, 3.63) is 119 Å². The zero-order chi connectivity index (χ0) is 29.4. The van der Waals surface area contributed by atoms with Crippen molar-refractivity contribution in [2.24, 2.45) is 11.3 Å². The van der Waals surface area contributed by atoms with Crippen molar-refractivity contribution in [2.75, 3.05) is 0 Å². The van der Waals surface area contributed by atoms with Gasteiger partial charge < -0.3 is 0 Å². The second kappa shape index (κ2) is 16.9. The molecule has 0 saturated carbocycles. The van der Waals surface area contributed by atoms with Gasteiger partial charge in [-0.3, -0.25) is 6.08 Å². The first-order chi connectivity index (χ1) is 18.2. The molecule has 0 aliphatic heterocycles. The number of rotatable bonds is 0. The predicted molar refractivity (Wildman–Crippen MR) is 182 cm³/mol. The summed E-state index contributed by atoms with van der Waals surface area (Å²) in [4.78, 5) is 0. The van der Waals surface area contributed by atoms with Crippen LogP contribution in [0.1, 0.15) is 91.5 Å². The molecule has 0 aromatic heterocycles. The molecular formula is C38H49Cl2Zr-3. The van der Waals surface area contributed by atoms with Crippen LogP contribution in [0.4, 0.5) is 0 Å². The first-order valence-corrected chi connectivity index (χ1v) is 15.7. The van der Waals surface area contributed by atoms with Gasteiger partial charge in [0.1, 0.15) is 0 Å². The van der Waals surface area contributed by atoms with E-state index in [1.165, 1.54) is 63.2 Å². The second-order valence-corrected chi connectivity index (χ2v) is 13.4. The first kappa shape index (κ1) is 39.5. The summed E-state index contributed by atoms with van der Waals surface area (Å²) in [5, 5.41) is 0. The van der Waals surface area contributed by atoms with Crippen molar-refractivity contribution < 1.29 is 24.2 Å². The third-order valence-corrected chi connectivity index (χ3v) is 6.93. The van der Waals surface area contributed by atoms with Crippen molar-refractivity contribution in [3.63, 3.8) is 0 Å². The Labute approximate surface area is 279 Å². The molecule has 0 saturated heterocycles. The number of fused-ring (bicyclic) bond motifs is 3. The van der Waals surface area contributed by atoms with Crippen LogP contribution in [0.3, 0.4) is 0 Å². The molecule has 41 heavy (non-hydrogen) atoms. The fraction of sp³-hybridized carbons (Fsp3) is 0.395. The molecule has 0 bridgehead atoms. The maximum absolute atomic E-state index is 3.53. The van der Waals surface area contributed by atoms with E-state index in [0.717, 1.165) is 6.42 Å². The average Bonchev–Trinajstić information content (AvgIpc) is 3.49. The predicted octanol–water partition coefficient (Wildman–Crippen LogP) is 10.9. The van der Waals surface area contributed by atoms with Crippen molar-refractivity contribution in [1.82, 2.24) is 0 Å². The quantitative estimate of drug-likeness (QED) is 0.164. The van der Waals surface area contributed by atoms with Crippen molar-refractivity contribution >= 4 is 29.0 Å². The van der Waals surface area contributed by atoms with E-state index in [9.17, 15) is 0 Å². The van der Waals surface area contributed by atoms with E-state index >= 15 is 0 Å². The van der Waals surface area contributed by atoms with Crippen LogP contribution in [-0.2, 0) is 41.5 Å². The molecule has 0 fully saturated rings. The molecule has 0 N–H and O–H groups in total. The Morgan fingerprint density at radius 2 is 1.32 bits per heavy atom. The van der Waals surface area contributed by atoms with E-state index in [1.807, 2.05) is 30.3 Å². The van der Waals surface area contributed by atoms with Crippen LogP contribution in [0, 0.1) is 29.5 Å². The van der Waals surface area contributed by atoms with Gasteiger partial charge in [0.2, 0.25) is 0 Å². The number of hydrogen-bond donors (Lipinski definition) is 0. The zero-order valence-electron chi connectivity index (χ0n) is 26.7. The summed E-state index contributed by atoms with van der Waals surface area (Å²) < 4.78 is 3.34. The Hall–Kier alpha value is -1.53. The number of allylic oxidation sites excluding steroid dienone is 4. The van der Waals surface area contributed by atoms with Crippen LogP contribution >= 0.6 is 24.8 Å². The summed E-state index contributed by atoms with van der Waals surface area (Å²) in [7, 11) is 0. The zero-order valence-corrected chi connectivity index (χ0v) is 30.8. The maximum Gasteiger partial charge on any atom is -0.171 e. The van der Waals surface area contributed by atoms with Gasteiger partial charge in [-0.15, -0.1) is 30.4 Å². The molecule has 3 aromatic rings. The Morgan fingerprint density at radius 3 is 1.71 bits per heavy atom. The Balaban J connectivity index is 0.000000668. The van der Waals surface area contributed by atoms with Crippen LogP contribution in [0.2, 0.25) is 0 Å². The molecular weight excluding hydrogens is 619 g/mol. The van der Waals surface area contributed by atoms with Crippen molar-refractivity contribution in [3.8, 4) is 11.1 Å². The van der Waals surface area contributed by atoms with Gasteiger partial charge in [0.15, 0.2) is 0 Å². The Bertz CT molecular complexity index is 1180. The molecule has 222 valence electrons. The molecule has 3 heteroatoms. The summed E-state index contributed by atoms with van der Waals surface area (Å²) in [6, 6.07) is 27.6. The average molecular weight is 668 g/mol. The van der Waals surface area contributed by atoms with E-state index in [2.05, 4.69) is 134 Å². The molecule has 0 nitrogen and oxygen atoms in total. The standard InChI is InChI=1S/C21H25.C10H15.C6H5.CH2.2ClH.Zr/c1-20(2,3)16-9-7-14-11-15-8-10-17(21(4,5)6)13-19(15)18(14)12-16;1-8-5-6-9(7-8)10(2,3)4;1-2-4-6-5-3-1;;;;/h7,9-10,12-13H,11H2,1-6H3;6-8H,1-4H3;1-5H;1H2;2*1H;/q3*-1;;;;. The molecule has 1 atom stereocenters. The molecule has 5 rings (SSSR count). The fourth-order valence-corrected chi connectivity index (χ4v) is 4.38. The van der Waals surface area contributed by atoms with Crippen molar-refractivity contribution in [2.45, 2.75) is 86.5 Å². The molecule has 1 unspecified atom stereocenters. The SMILES string of the molecule is CC(C)(C)c1c[c-]c2c(c1)-c1cc(C(C)(C)C)ccc1C2.CC1[C-]=CC(C(C)(C)C)=C1.Cl.Cl.[CH2]=[Zr].[c-]1ccccc1. The van der Waals surface area contributed by atoms with Crippen LogP contribution in [0.5, 0.6) is 0 Å². The van der Waals surface area contributed by atoms with Gasteiger partial charge in [-0.25, -0.2) is 6.08 Å². The molecule has 0 spiro atoms. The maximum atomic E-state index is 3.53. The van der Waals surface area contributed by atoms with Crippen molar-refractivity contribution in [1.29, 1.82) is 0 Å². The smallest absolute Gasteiger partial charge is 0.171 e. The minimum atomic E-state index is 0. The summed E-state index contributed by atoms with van der Waals surface area (Å²) in [6.45, 7) is 22.5. The second-order valence-electron chi connectivity index (χ2n) is 13.4.